The van der Waals surface area contributed by atoms with Crippen molar-refractivity contribution in [3.8, 4) is 0 Å². The lowest BCUT2D eigenvalue weighted by Crippen LogP contribution is -2.56. The molecule has 2 rings (SSSR count). The van der Waals surface area contributed by atoms with Gasteiger partial charge in [0.1, 0.15) is 0 Å². The normalized spacial score (nSPS) is 39.5. The van der Waals surface area contributed by atoms with Gasteiger partial charge in [-0.1, -0.05) is 0 Å². The van der Waals surface area contributed by atoms with E-state index in [1.54, 1.807) is 0 Å². The highest BCUT2D eigenvalue weighted by atomic mass is 16.3. The molecule has 0 aromatic carbocycles. The number of fused-ring (bicyclic) bond motifs is 1. The van der Waals surface area contributed by atoms with Crippen molar-refractivity contribution in [2.24, 2.45) is 0 Å². The highest BCUT2D eigenvalue weighted by molar-refractivity contribution is 4.86. The van der Waals surface area contributed by atoms with Crippen molar-refractivity contribution in [3.63, 3.8) is 0 Å². The molecule has 2 atom stereocenters. The van der Waals surface area contributed by atoms with Gasteiger partial charge in [-0.05, 0) is 19.9 Å². The first-order valence-electron chi connectivity index (χ1n) is 4.86. The third-order valence-electron chi connectivity index (χ3n) is 3.09. The lowest BCUT2D eigenvalue weighted by atomic mass is 9.98. The van der Waals surface area contributed by atoms with Crippen LogP contribution < -0.4 is 0 Å². The Balaban J connectivity index is 1.94. The molecule has 0 bridgehead atoms. The van der Waals surface area contributed by atoms with E-state index in [4.69, 9.17) is 0 Å². The number of aliphatic hydroxyl groups excluding tert-OH is 1. The molecule has 2 aliphatic heterocycles. The first kappa shape index (κ1) is 8.48. The molecule has 3 heteroatoms. The topological polar surface area (TPSA) is 26.7 Å². The predicted molar refractivity (Wildman–Crippen MR) is 48.1 cm³/mol. The van der Waals surface area contributed by atoms with E-state index >= 15 is 0 Å². The fourth-order valence-corrected chi connectivity index (χ4v) is 2.31. The number of rotatable bonds is 0. The lowest BCUT2D eigenvalue weighted by molar-refractivity contribution is -0.00232. The number of hydrogen-bond acceptors (Lipinski definition) is 3. The Labute approximate surface area is 74.0 Å². The Kier molecular flexibility index (Phi) is 2.35. The summed E-state index contributed by atoms with van der Waals surface area (Å²) >= 11 is 0. The maximum absolute atomic E-state index is 9.46. The summed E-state index contributed by atoms with van der Waals surface area (Å²) in [7, 11) is 2.18. The molecular weight excluding hydrogens is 152 g/mol. The summed E-state index contributed by atoms with van der Waals surface area (Å²) in [5.41, 5.74) is 0. The Morgan fingerprint density at radius 2 is 2.00 bits per heavy atom. The molecule has 1 N–H and O–H groups in total. The maximum Gasteiger partial charge on any atom is 0.0667 e. The lowest BCUT2D eigenvalue weighted by Gasteiger charge is -2.44. The van der Waals surface area contributed by atoms with Crippen molar-refractivity contribution in [2.75, 3.05) is 33.2 Å². The largest absolute Gasteiger partial charge is 0.392 e. The fraction of sp³-hybridized carbons (Fsp3) is 1.00. The molecular formula is C9H18N2O. The van der Waals surface area contributed by atoms with E-state index in [-0.39, 0.29) is 6.10 Å². The van der Waals surface area contributed by atoms with Gasteiger partial charge >= 0.3 is 0 Å². The SMILES string of the molecule is CN1CCN2CC(O)CCC2C1. The fourth-order valence-electron chi connectivity index (χ4n) is 2.31. The summed E-state index contributed by atoms with van der Waals surface area (Å²) in [6.45, 7) is 4.38. The van der Waals surface area contributed by atoms with Crippen molar-refractivity contribution < 1.29 is 5.11 Å². The summed E-state index contributed by atoms with van der Waals surface area (Å²) in [6.07, 6.45) is 2.10. The molecule has 3 nitrogen and oxygen atoms in total. The van der Waals surface area contributed by atoms with Crippen molar-refractivity contribution >= 4 is 0 Å². The second-order valence-corrected chi connectivity index (χ2v) is 4.14. The zero-order valence-corrected chi connectivity index (χ0v) is 7.74. The minimum atomic E-state index is -0.0651. The van der Waals surface area contributed by atoms with Gasteiger partial charge in [0.25, 0.3) is 0 Å². The number of piperidine rings is 1. The van der Waals surface area contributed by atoms with Crippen LogP contribution in [-0.4, -0.2) is 60.3 Å². The first-order valence-corrected chi connectivity index (χ1v) is 4.86. The van der Waals surface area contributed by atoms with Crippen LogP contribution in [0, 0.1) is 0 Å². The minimum Gasteiger partial charge on any atom is -0.392 e. The standard InChI is InChI=1S/C9H18N2O/c1-10-4-5-11-7-9(12)3-2-8(11)6-10/h8-9,12H,2-7H2,1H3. The second kappa shape index (κ2) is 3.32. The van der Waals surface area contributed by atoms with Crippen LogP contribution in [-0.2, 0) is 0 Å². The van der Waals surface area contributed by atoms with Crippen LogP contribution in [0.2, 0.25) is 0 Å². The smallest absolute Gasteiger partial charge is 0.0667 e. The van der Waals surface area contributed by atoms with Crippen molar-refractivity contribution in [1.82, 2.24) is 9.80 Å². The first-order chi connectivity index (χ1) is 5.75. The zero-order chi connectivity index (χ0) is 8.55. The summed E-state index contributed by atoms with van der Waals surface area (Å²) in [5.74, 6) is 0. The number of nitrogens with zero attached hydrogens (tertiary/aromatic N) is 2. The molecule has 0 aromatic heterocycles. The van der Waals surface area contributed by atoms with E-state index in [0.717, 1.165) is 26.1 Å². The highest BCUT2D eigenvalue weighted by Crippen LogP contribution is 2.20. The van der Waals surface area contributed by atoms with Crippen LogP contribution in [0.1, 0.15) is 12.8 Å². The molecule has 0 aliphatic carbocycles. The van der Waals surface area contributed by atoms with Crippen LogP contribution in [0.3, 0.4) is 0 Å². The average molecular weight is 170 g/mol. The molecule has 2 heterocycles. The third-order valence-corrected chi connectivity index (χ3v) is 3.09. The summed E-state index contributed by atoms with van der Waals surface area (Å²) in [5, 5.41) is 9.46. The third kappa shape index (κ3) is 1.63. The quantitative estimate of drug-likeness (QED) is 0.543. The molecule has 0 amide bonds. The predicted octanol–water partition coefficient (Wildman–Crippen LogP) is -0.243. The van der Waals surface area contributed by atoms with Crippen LogP contribution >= 0.6 is 0 Å². The minimum absolute atomic E-state index is 0.0651. The highest BCUT2D eigenvalue weighted by Gasteiger charge is 2.30. The van der Waals surface area contributed by atoms with E-state index in [9.17, 15) is 5.11 Å². The van der Waals surface area contributed by atoms with Crippen LogP contribution in [0.4, 0.5) is 0 Å². The van der Waals surface area contributed by atoms with Crippen molar-refractivity contribution in [1.29, 1.82) is 0 Å². The van der Waals surface area contributed by atoms with Gasteiger partial charge in [-0.15, -0.1) is 0 Å². The van der Waals surface area contributed by atoms with Gasteiger partial charge < -0.3 is 10.0 Å². The monoisotopic (exact) mass is 170 g/mol. The molecule has 2 aliphatic rings. The Bertz CT molecular complexity index is 145. The number of hydrogen-bond donors (Lipinski definition) is 1. The Hall–Kier alpha value is -0.120. The number of aliphatic hydroxyl groups is 1. The van der Waals surface area contributed by atoms with E-state index in [1.807, 2.05) is 0 Å². The van der Waals surface area contributed by atoms with Crippen molar-refractivity contribution in [3.05, 3.63) is 0 Å². The van der Waals surface area contributed by atoms with Gasteiger partial charge in [0.05, 0.1) is 6.10 Å². The van der Waals surface area contributed by atoms with Gasteiger partial charge in [-0.2, -0.15) is 0 Å². The van der Waals surface area contributed by atoms with Gasteiger partial charge in [-0.3, -0.25) is 4.90 Å². The Morgan fingerprint density at radius 1 is 1.17 bits per heavy atom. The van der Waals surface area contributed by atoms with Crippen LogP contribution in [0.25, 0.3) is 0 Å². The summed E-state index contributed by atoms with van der Waals surface area (Å²) in [6, 6.07) is 0.715. The van der Waals surface area contributed by atoms with E-state index in [2.05, 4.69) is 16.8 Å². The summed E-state index contributed by atoms with van der Waals surface area (Å²) in [4.78, 5) is 4.83. The molecule has 2 unspecified atom stereocenters. The van der Waals surface area contributed by atoms with Gasteiger partial charge in [-0.25, -0.2) is 0 Å². The Morgan fingerprint density at radius 3 is 2.83 bits per heavy atom. The van der Waals surface area contributed by atoms with Gasteiger partial charge in [0.15, 0.2) is 0 Å². The van der Waals surface area contributed by atoms with E-state index in [0.29, 0.717) is 6.04 Å². The summed E-state index contributed by atoms with van der Waals surface area (Å²) < 4.78 is 0. The van der Waals surface area contributed by atoms with E-state index in [1.165, 1.54) is 13.0 Å². The van der Waals surface area contributed by atoms with E-state index < -0.39 is 0 Å². The molecule has 0 saturated carbocycles. The number of piperazine rings is 1. The molecule has 0 aromatic rings. The molecule has 70 valence electrons. The molecule has 0 spiro atoms. The number of likely N-dealkylation sites (N-methyl/N-ethyl adjacent to an activating group) is 1. The van der Waals surface area contributed by atoms with Gasteiger partial charge in [0, 0.05) is 32.2 Å². The van der Waals surface area contributed by atoms with Crippen molar-refractivity contribution in [2.45, 2.75) is 25.0 Å². The zero-order valence-electron chi connectivity index (χ0n) is 7.74. The molecule has 0 radical (unpaired) electrons. The van der Waals surface area contributed by atoms with Gasteiger partial charge in [0.2, 0.25) is 0 Å². The van der Waals surface area contributed by atoms with Crippen LogP contribution in [0.15, 0.2) is 0 Å². The molecule has 2 fully saturated rings. The maximum atomic E-state index is 9.46. The average Bonchev–Trinajstić information content (AvgIpc) is 2.05. The molecule has 12 heavy (non-hydrogen) atoms. The second-order valence-electron chi connectivity index (χ2n) is 4.14. The van der Waals surface area contributed by atoms with Crippen LogP contribution in [0.5, 0.6) is 0 Å². The molecule has 2 saturated heterocycles.